The Balaban J connectivity index is 2.80. The van der Waals surface area contributed by atoms with Crippen molar-refractivity contribution in [1.82, 2.24) is 0 Å². The minimum atomic E-state index is -3.99. The van der Waals surface area contributed by atoms with Crippen molar-refractivity contribution in [2.75, 3.05) is 23.2 Å². The van der Waals surface area contributed by atoms with Crippen molar-refractivity contribution in [2.24, 2.45) is 5.73 Å². The molecule has 0 saturated carbocycles. The summed E-state index contributed by atoms with van der Waals surface area (Å²) in [5.74, 6) is -1.55. The summed E-state index contributed by atoms with van der Waals surface area (Å²) in [5.41, 5.74) is 4.41. The second-order valence-electron chi connectivity index (χ2n) is 7.41. The third-order valence-corrected chi connectivity index (χ3v) is 7.07. The number of halogens is 3. The Kier molecular flexibility index (Phi) is 8.39. The molecule has 0 aliphatic carbocycles. The van der Waals surface area contributed by atoms with Crippen LogP contribution in [0.2, 0.25) is 15.1 Å². The van der Waals surface area contributed by atoms with Gasteiger partial charge in [-0.3, -0.25) is 9.59 Å². The fourth-order valence-corrected chi connectivity index (χ4v) is 5.05. The normalized spacial score (nSPS) is 11.8. The van der Waals surface area contributed by atoms with Crippen LogP contribution in [0.3, 0.4) is 0 Å². The van der Waals surface area contributed by atoms with Crippen molar-refractivity contribution in [2.45, 2.75) is 19.4 Å². The Hall–Kier alpha value is -1.65. The second kappa shape index (κ2) is 10.1. The first-order valence-corrected chi connectivity index (χ1v) is 13.3. The van der Waals surface area contributed by atoms with Gasteiger partial charge in [-0.05, 0) is 44.4 Å². The monoisotopic (exact) mass is 538 g/mol. The number of benzene rings is 2. The third-order valence-electron chi connectivity index (χ3n) is 4.31. The van der Waals surface area contributed by atoms with Crippen LogP contribution in [0.4, 0.5) is 5.69 Å². The molecule has 0 spiro atoms. The van der Waals surface area contributed by atoms with Crippen molar-refractivity contribution in [1.29, 1.82) is 0 Å². The minimum Gasteiger partial charge on any atom is -0.382 e. The summed E-state index contributed by atoms with van der Waals surface area (Å²) in [6, 6.07) is 7.01. The number of nitrogens with zero attached hydrogens (tertiary/aromatic N) is 1. The Morgan fingerprint density at radius 2 is 1.75 bits per heavy atom. The molecule has 0 heterocycles. The molecule has 7 nitrogen and oxygen atoms in total. The van der Waals surface area contributed by atoms with Crippen molar-refractivity contribution in [3.63, 3.8) is 0 Å². The lowest BCUT2D eigenvalue weighted by molar-refractivity contribution is 0.0945. The standard InChI is InChI=1S/C20H21Cl3N2O5S2/c1-20(2,10-31-3)25(13-9-8-12(21)16(22)17(13)23)19(27)11-6-5-7-14(15(11)18(24)26)30-32(4,28)29/h5-9H,10H2,1-4H3,(H2,24,26). The van der Waals surface area contributed by atoms with E-state index < -0.39 is 27.5 Å². The first-order chi connectivity index (χ1) is 14.7. The van der Waals surface area contributed by atoms with Crippen LogP contribution in [-0.2, 0) is 10.1 Å². The van der Waals surface area contributed by atoms with Gasteiger partial charge in [0, 0.05) is 5.75 Å². The third kappa shape index (κ3) is 5.82. The average molecular weight is 540 g/mol. The van der Waals surface area contributed by atoms with E-state index in [2.05, 4.69) is 0 Å². The summed E-state index contributed by atoms with van der Waals surface area (Å²) in [4.78, 5) is 27.4. The number of rotatable bonds is 8. The second-order valence-corrected chi connectivity index (χ2v) is 11.0. The summed E-state index contributed by atoms with van der Waals surface area (Å²) >= 11 is 20.2. The van der Waals surface area contributed by atoms with Gasteiger partial charge in [-0.1, -0.05) is 40.9 Å². The van der Waals surface area contributed by atoms with Gasteiger partial charge in [-0.15, -0.1) is 0 Å². The van der Waals surface area contributed by atoms with E-state index in [0.717, 1.165) is 6.26 Å². The van der Waals surface area contributed by atoms with Gasteiger partial charge in [0.05, 0.1) is 43.7 Å². The van der Waals surface area contributed by atoms with E-state index in [1.165, 1.54) is 47.0 Å². The molecule has 2 amide bonds. The summed E-state index contributed by atoms with van der Waals surface area (Å²) in [6.45, 7) is 3.61. The Bertz CT molecular complexity index is 1170. The number of amides is 2. The highest BCUT2D eigenvalue weighted by molar-refractivity contribution is 7.98. The van der Waals surface area contributed by atoms with E-state index in [1.807, 2.05) is 6.26 Å². The topological polar surface area (TPSA) is 107 Å². The number of hydrogen-bond donors (Lipinski definition) is 1. The summed E-state index contributed by atoms with van der Waals surface area (Å²) in [6.07, 6.45) is 2.69. The van der Waals surface area contributed by atoms with Gasteiger partial charge >= 0.3 is 10.1 Å². The molecule has 174 valence electrons. The maximum Gasteiger partial charge on any atom is 0.306 e. The minimum absolute atomic E-state index is 0.0471. The van der Waals surface area contributed by atoms with Gasteiger partial charge in [-0.25, -0.2) is 0 Å². The highest BCUT2D eigenvalue weighted by atomic mass is 35.5. The lowest BCUT2D eigenvalue weighted by Gasteiger charge is -2.39. The van der Waals surface area contributed by atoms with E-state index >= 15 is 0 Å². The predicted molar refractivity (Wildman–Crippen MR) is 131 cm³/mol. The molecule has 0 atom stereocenters. The van der Waals surface area contributed by atoms with Gasteiger partial charge in [0.25, 0.3) is 11.8 Å². The van der Waals surface area contributed by atoms with Crippen LogP contribution in [0.5, 0.6) is 5.75 Å². The molecule has 0 fully saturated rings. The average Bonchev–Trinajstić information content (AvgIpc) is 2.66. The molecule has 2 aromatic carbocycles. The smallest absolute Gasteiger partial charge is 0.306 e. The molecule has 0 unspecified atom stereocenters. The number of carbonyl (C=O) groups is 2. The maximum atomic E-state index is 13.8. The highest BCUT2D eigenvalue weighted by Gasteiger charge is 2.37. The van der Waals surface area contributed by atoms with Crippen LogP contribution < -0.4 is 14.8 Å². The molecular weight excluding hydrogens is 519 g/mol. The fraction of sp³-hybridized carbons (Fsp3) is 0.300. The van der Waals surface area contributed by atoms with E-state index in [9.17, 15) is 18.0 Å². The molecule has 0 aliphatic rings. The molecule has 12 heteroatoms. The lowest BCUT2D eigenvalue weighted by atomic mass is 9.98. The highest BCUT2D eigenvalue weighted by Crippen LogP contribution is 2.41. The summed E-state index contributed by atoms with van der Waals surface area (Å²) in [7, 11) is -3.99. The van der Waals surface area contributed by atoms with Crippen molar-refractivity contribution < 1.29 is 22.2 Å². The van der Waals surface area contributed by atoms with Gasteiger partial charge < -0.3 is 14.8 Å². The van der Waals surface area contributed by atoms with Gasteiger partial charge in [0.2, 0.25) is 0 Å². The van der Waals surface area contributed by atoms with Crippen molar-refractivity contribution >= 4 is 74.2 Å². The molecule has 0 bridgehead atoms. The molecule has 2 rings (SSSR count). The predicted octanol–water partition coefficient (Wildman–Crippen LogP) is 4.87. The quantitative estimate of drug-likeness (QED) is 0.379. The Morgan fingerprint density at radius 3 is 2.28 bits per heavy atom. The fourth-order valence-electron chi connectivity index (χ4n) is 3.13. The van der Waals surface area contributed by atoms with Crippen molar-refractivity contribution in [3.8, 4) is 5.75 Å². The van der Waals surface area contributed by atoms with Crippen LogP contribution >= 0.6 is 46.6 Å². The van der Waals surface area contributed by atoms with E-state index in [1.54, 1.807) is 13.8 Å². The van der Waals surface area contributed by atoms with Crippen LogP contribution in [-0.4, -0.2) is 44.0 Å². The van der Waals surface area contributed by atoms with Crippen LogP contribution in [0.25, 0.3) is 0 Å². The molecule has 0 radical (unpaired) electrons. The van der Waals surface area contributed by atoms with Gasteiger partial charge in [-0.2, -0.15) is 20.2 Å². The number of thioether (sulfide) groups is 1. The first-order valence-electron chi connectivity index (χ1n) is 9.00. The molecule has 2 aromatic rings. The number of carbonyl (C=O) groups excluding carboxylic acids is 2. The van der Waals surface area contributed by atoms with Gasteiger partial charge in [0.15, 0.2) is 5.75 Å². The molecule has 0 saturated heterocycles. The Labute approximate surface area is 206 Å². The van der Waals surface area contributed by atoms with Gasteiger partial charge in [0.1, 0.15) is 0 Å². The lowest BCUT2D eigenvalue weighted by Crippen LogP contribution is -2.50. The zero-order valence-corrected chi connectivity index (χ0v) is 21.5. The van der Waals surface area contributed by atoms with E-state index in [0.29, 0.717) is 5.75 Å². The Morgan fingerprint density at radius 1 is 1.12 bits per heavy atom. The number of hydrogen-bond acceptors (Lipinski definition) is 6. The molecule has 2 N–H and O–H groups in total. The molecule has 0 aliphatic heterocycles. The maximum absolute atomic E-state index is 13.8. The van der Waals surface area contributed by atoms with E-state index in [-0.39, 0.29) is 37.6 Å². The summed E-state index contributed by atoms with van der Waals surface area (Å²) < 4.78 is 28.2. The largest absolute Gasteiger partial charge is 0.382 e. The first kappa shape index (κ1) is 26.6. The zero-order chi connectivity index (χ0) is 24.4. The number of primary amides is 1. The molecule has 32 heavy (non-hydrogen) atoms. The SMILES string of the molecule is CSCC(C)(C)N(C(=O)c1cccc(OS(C)(=O)=O)c1C(N)=O)c1ccc(Cl)c(Cl)c1Cl. The van der Waals surface area contributed by atoms with E-state index in [4.69, 9.17) is 44.7 Å². The van der Waals surface area contributed by atoms with Crippen LogP contribution in [0.1, 0.15) is 34.6 Å². The molecule has 0 aromatic heterocycles. The molecular formula is C20H21Cl3N2O5S2. The van der Waals surface area contributed by atoms with Crippen molar-refractivity contribution in [3.05, 3.63) is 56.5 Å². The summed E-state index contributed by atoms with van der Waals surface area (Å²) in [5, 5.41) is 0.315. The van der Waals surface area contributed by atoms with Crippen LogP contribution in [0.15, 0.2) is 30.3 Å². The number of anilines is 1. The zero-order valence-electron chi connectivity index (χ0n) is 17.6. The number of nitrogens with two attached hydrogens (primary N) is 1. The van der Waals surface area contributed by atoms with Crippen LogP contribution in [0, 0.1) is 0 Å².